The summed E-state index contributed by atoms with van der Waals surface area (Å²) in [4.78, 5) is 7.17. The number of hydrogen-bond acceptors (Lipinski definition) is 7. The average molecular weight is 374 g/mol. The molecular weight excluding hydrogens is 360 g/mol. The Morgan fingerprint density at radius 3 is 1.93 bits per heavy atom. The molecular formula is C19H14N6OS. The second kappa shape index (κ2) is 8.15. The first-order valence-corrected chi connectivity index (χ1v) is 8.86. The third-order valence-corrected chi connectivity index (χ3v) is 4.20. The van der Waals surface area contributed by atoms with Gasteiger partial charge in [0.15, 0.2) is 0 Å². The van der Waals surface area contributed by atoms with Crippen molar-refractivity contribution in [2.75, 3.05) is 0 Å². The molecule has 6 rings (SSSR count). The van der Waals surface area contributed by atoms with Gasteiger partial charge in [-0.2, -0.15) is 8.75 Å². The summed E-state index contributed by atoms with van der Waals surface area (Å²) in [5.41, 5.74) is 5.70. The highest BCUT2D eigenvalue weighted by Gasteiger charge is 1.93. The summed E-state index contributed by atoms with van der Waals surface area (Å²) in [5, 5.41) is 7.27. The topological polar surface area (TPSA) is 93.4 Å². The van der Waals surface area contributed by atoms with E-state index in [9.17, 15) is 0 Å². The molecule has 0 unspecified atom stereocenters. The van der Waals surface area contributed by atoms with Gasteiger partial charge < -0.3 is 4.98 Å². The third-order valence-electron chi connectivity index (χ3n) is 3.64. The Morgan fingerprint density at radius 1 is 0.667 bits per heavy atom. The minimum absolute atomic E-state index is 0.803. The number of pyridine rings is 1. The van der Waals surface area contributed by atoms with Crippen LogP contribution in [0.2, 0.25) is 0 Å². The first kappa shape index (κ1) is 16.8. The Balaban J connectivity index is 0.0000001000. The summed E-state index contributed by atoms with van der Waals surface area (Å²) >= 11 is 1.25. The van der Waals surface area contributed by atoms with Gasteiger partial charge in [-0.05, 0) is 52.8 Å². The maximum atomic E-state index is 4.46. The Kier molecular flexibility index (Phi) is 5.07. The van der Waals surface area contributed by atoms with Crippen LogP contribution in [0.3, 0.4) is 0 Å². The Bertz CT molecular complexity index is 1010. The van der Waals surface area contributed by atoms with Crippen LogP contribution in [0, 0.1) is 0 Å². The molecule has 2 aromatic carbocycles. The SMILES string of the molecule is c1ccc2nonc2c1.c1ccc2nsnc2c1.c1cnc2cc[nH]c2c1. The van der Waals surface area contributed by atoms with Crippen LogP contribution in [0.25, 0.3) is 33.1 Å². The normalized spacial score (nSPS) is 10.2. The summed E-state index contributed by atoms with van der Waals surface area (Å²) in [5.74, 6) is 0. The molecule has 0 saturated heterocycles. The number of fused-ring (bicyclic) bond motifs is 3. The zero-order chi connectivity index (χ0) is 18.3. The van der Waals surface area contributed by atoms with E-state index >= 15 is 0 Å². The number of hydrogen-bond donors (Lipinski definition) is 1. The quantitative estimate of drug-likeness (QED) is 0.421. The van der Waals surface area contributed by atoms with Crippen LogP contribution in [0.5, 0.6) is 0 Å². The van der Waals surface area contributed by atoms with Crippen molar-refractivity contribution in [2.45, 2.75) is 0 Å². The van der Waals surface area contributed by atoms with E-state index < -0.39 is 0 Å². The van der Waals surface area contributed by atoms with Crippen LogP contribution in [-0.2, 0) is 0 Å². The van der Waals surface area contributed by atoms with Crippen LogP contribution in [0.15, 0.2) is 83.8 Å². The standard InChI is InChI=1S/C7H6N2.C6H4N2O.C6H4N2S/c1-2-6-7(8-4-1)3-5-9-6;2*1-2-4-6-5(3-1)7-9-8-6/h1-5,9H;2*1-4H. The predicted molar refractivity (Wildman–Crippen MR) is 105 cm³/mol. The van der Waals surface area contributed by atoms with Crippen molar-refractivity contribution in [3.05, 3.63) is 79.1 Å². The number of rotatable bonds is 0. The molecule has 132 valence electrons. The second-order valence-corrected chi connectivity index (χ2v) is 5.95. The van der Waals surface area contributed by atoms with Gasteiger partial charge in [-0.25, -0.2) is 4.63 Å². The van der Waals surface area contributed by atoms with Gasteiger partial charge in [0, 0.05) is 12.4 Å². The number of aromatic amines is 1. The van der Waals surface area contributed by atoms with Crippen LogP contribution in [-0.4, -0.2) is 29.0 Å². The monoisotopic (exact) mass is 374 g/mol. The van der Waals surface area contributed by atoms with E-state index in [1.54, 1.807) is 6.20 Å². The predicted octanol–water partition coefficient (Wildman–Crippen LogP) is 4.48. The van der Waals surface area contributed by atoms with E-state index in [-0.39, 0.29) is 0 Å². The van der Waals surface area contributed by atoms with Crippen molar-refractivity contribution in [1.82, 2.24) is 29.0 Å². The summed E-state index contributed by atoms with van der Waals surface area (Å²) < 4.78 is 12.6. The van der Waals surface area contributed by atoms with Crippen molar-refractivity contribution >= 4 is 44.8 Å². The highest BCUT2D eigenvalue weighted by atomic mass is 32.1. The first-order valence-electron chi connectivity index (χ1n) is 8.13. The molecule has 7 nitrogen and oxygen atoms in total. The lowest BCUT2D eigenvalue weighted by atomic mass is 10.3. The number of nitrogens with one attached hydrogen (secondary N) is 1. The van der Waals surface area contributed by atoms with Crippen molar-refractivity contribution in [1.29, 1.82) is 0 Å². The van der Waals surface area contributed by atoms with Crippen molar-refractivity contribution < 1.29 is 4.63 Å². The zero-order valence-electron chi connectivity index (χ0n) is 14.1. The lowest BCUT2D eigenvalue weighted by Crippen LogP contribution is -1.68. The van der Waals surface area contributed by atoms with Gasteiger partial charge in [-0.1, -0.05) is 24.3 Å². The molecule has 0 radical (unpaired) electrons. The van der Waals surface area contributed by atoms with Gasteiger partial charge >= 0.3 is 0 Å². The van der Waals surface area contributed by atoms with E-state index in [1.807, 2.05) is 72.9 Å². The summed E-state index contributed by atoms with van der Waals surface area (Å²) in [6, 6.07) is 21.2. The van der Waals surface area contributed by atoms with E-state index in [0.717, 1.165) is 33.1 Å². The van der Waals surface area contributed by atoms with Crippen LogP contribution in [0.1, 0.15) is 0 Å². The molecule has 27 heavy (non-hydrogen) atoms. The molecule has 0 fully saturated rings. The lowest BCUT2D eigenvalue weighted by molar-refractivity contribution is 0.315. The summed E-state index contributed by atoms with van der Waals surface area (Å²) in [7, 11) is 0. The van der Waals surface area contributed by atoms with Gasteiger partial charge in [0.05, 0.1) is 22.8 Å². The first-order chi connectivity index (χ1) is 13.4. The molecule has 6 aromatic rings. The Hall–Kier alpha value is -3.65. The fourth-order valence-electron chi connectivity index (χ4n) is 2.34. The smallest absolute Gasteiger partial charge is 0.135 e. The van der Waals surface area contributed by atoms with Gasteiger partial charge in [0.1, 0.15) is 22.1 Å². The van der Waals surface area contributed by atoms with Gasteiger partial charge in [-0.3, -0.25) is 4.98 Å². The minimum atomic E-state index is 0.803. The fourth-order valence-corrected chi connectivity index (χ4v) is 2.86. The molecule has 0 atom stereocenters. The highest BCUT2D eigenvalue weighted by molar-refractivity contribution is 7.00. The molecule has 0 spiro atoms. The zero-order valence-corrected chi connectivity index (χ0v) is 14.9. The molecule has 1 N–H and O–H groups in total. The molecule has 4 aromatic heterocycles. The number of H-pyrrole nitrogens is 1. The van der Waals surface area contributed by atoms with Crippen LogP contribution >= 0.6 is 11.7 Å². The molecule has 4 heterocycles. The summed E-state index contributed by atoms with van der Waals surface area (Å²) in [6.07, 6.45) is 3.67. The van der Waals surface area contributed by atoms with Crippen molar-refractivity contribution in [2.24, 2.45) is 0 Å². The molecule has 0 bridgehead atoms. The maximum absolute atomic E-state index is 4.46. The number of aromatic nitrogens is 6. The van der Waals surface area contributed by atoms with E-state index in [1.165, 1.54) is 11.7 Å². The molecule has 0 aliphatic rings. The lowest BCUT2D eigenvalue weighted by Gasteiger charge is -1.82. The van der Waals surface area contributed by atoms with Gasteiger partial charge in [0.25, 0.3) is 0 Å². The van der Waals surface area contributed by atoms with Crippen molar-refractivity contribution in [3.63, 3.8) is 0 Å². The Labute approximate surface area is 158 Å². The van der Waals surface area contributed by atoms with Crippen LogP contribution in [0.4, 0.5) is 0 Å². The van der Waals surface area contributed by atoms with Gasteiger partial charge in [0.2, 0.25) is 0 Å². The van der Waals surface area contributed by atoms with E-state index in [4.69, 9.17) is 0 Å². The molecule has 0 amide bonds. The van der Waals surface area contributed by atoms with Gasteiger partial charge in [-0.15, -0.1) is 0 Å². The third kappa shape index (κ3) is 4.13. The molecule has 0 saturated carbocycles. The largest absolute Gasteiger partial charge is 0.360 e. The van der Waals surface area contributed by atoms with Crippen LogP contribution < -0.4 is 0 Å². The number of nitrogens with zero attached hydrogens (tertiary/aromatic N) is 5. The average Bonchev–Trinajstić information content (AvgIpc) is 3.48. The minimum Gasteiger partial charge on any atom is -0.360 e. The van der Waals surface area contributed by atoms with Crippen molar-refractivity contribution in [3.8, 4) is 0 Å². The molecule has 8 heteroatoms. The maximum Gasteiger partial charge on any atom is 0.135 e. The van der Waals surface area contributed by atoms with E-state index in [0.29, 0.717) is 0 Å². The number of benzene rings is 2. The highest BCUT2D eigenvalue weighted by Crippen LogP contribution is 2.08. The fraction of sp³-hybridized carbons (Fsp3) is 0. The second-order valence-electron chi connectivity index (χ2n) is 5.42. The van der Waals surface area contributed by atoms with E-state index in [2.05, 4.69) is 33.7 Å². The Morgan fingerprint density at radius 2 is 1.30 bits per heavy atom. The molecule has 0 aliphatic carbocycles. The summed E-state index contributed by atoms with van der Waals surface area (Å²) in [6.45, 7) is 0. The molecule has 0 aliphatic heterocycles.